The summed E-state index contributed by atoms with van der Waals surface area (Å²) in [7, 11) is 0. The third-order valence-corrected chi connectivity index (χ3v) is 5.42. The number of benzene rings is 1. The molecule has 1 aromatic carbocycles. The second-order valence-electron chi connectivity index (χ2n) is 6.79. The fraction of sp³-hybridized carbons (Fsp3) is 0.588. The number of anilines is 1. The molecule has 2 fully saturated rings. The smallest absolute Gasteiger partial charge is 0.319 e. The maximum absolute atomic E-state index is 12.2. The molecule has 0 radical (unpaired) electrons. The third kappa shape index (κ3) is 2.49. The molecule has 5 heteroatoms. The van der Waals surface area contributed by atoms with E-state index in [-0.39, 0.29) is 18.9 Å². The minimum Gasteiger partial charge on any atom is -0.454 e. The van der Waals surface area contributed by atoms with Gasteiger partial charge in [-0.15, -0.1) is 0 Å². The van der Waals surface area contributed by atoms with Crippen molar-refractivity contribution in [3.05, 3.63) is 18.2 Å². The van der Waals surface area contributed by atoms with E-state index < -0.39 is 0 Å². The van der Waals surface area contributed by atoms with Crippen molar-refractivity contribution in [1.29, 1.82) is 0 Å². The van der Waals surface area contributed by atoms with Crippen LogP contribution in [0, 0.1) is 17.8 Å². The summed E-state index contributed by atoms with van der Waals surface area (Å²) in [5.41, 5.74) is 0.724. The summed E-state index contributed by atoms with van der Waals surface area (Å²) in [6.45, 7) is 2.37. The van der Waals surface area contributed by atoms with Gasteiger partial charge >= 0.3 is 6.03 Å². The summed E-state index contributed by atoms with van der Waals surface area (Å²) in [5, 5.41) is 5.99. The van der Waals surface area contributed by atoms with Crippen molar-refractivity contribution in [1.82, 2.24) is 5.32 Å². The van der Waals surface area contributed by atoms with Crippen LogP contribution in [-0.4, -0.2) is 18.9 Å². The number of carbonyl (C=O) groups is 1. The number of carbonyl (C=O) groups excluding carboxylic acids is 1. The molecule has 0 unspecified atom stereocenters. The van der Waals surface area contributed by atoms with Crippen LogP contribution in [0.4, 0.5) is 10.5 Å². The van der Waals surface area contributed by atoms with Crippen LogP contribution in [0.5, 0.6) is 11.5 Å². The molecule has 5 nitrogen and oxygen atoms in total. The predicted octanol–water partition coefficient (Wildman–Crippen LogP) is 3.36. The number of hydrogen-bond acceptors (Lipinski definition) is 3. The Hall–Kier alpha value is -1.91. The Kier molecular flexibility index (Phi) is 3.36. The van der Waals surface area contributed by atoms with E-state index in [0.717, 1.165) is 23.3 Å². The quantitative estimate of drug-likeness (QED) is 0.900. The zero-order valence-electron chi connectivity index (χ0n) is 12.8. The van der Waals surface area contributed by atoms with E-state index in [0.29, 0.717) is 11.7 Å². The monoisotopic (exact) mass is 302 g/mol. The van der Waals surface area contributed by atoms with Gasteiger partial charge in [-0.25, -0.2) is 4.79 Å². The third-order valence-electron chi connectivity index (χ3n) is 5.42. The molecule has 1 aromatic rings. The van der Waals surface area contributed by atoms with Gasteiger partial charge in [0.1, 0.15) is 0 Å². The lowest BCUT2D eigenvalue weighted by molar-refractivity contribution is 0.174. The lowest BCUT2D eigenvalue weighted by Crippen LogP contribution is -2.42. The number of hydrogen-bond donors (Lipinski definition) is 2. The van der Waals surface area contributed by atoms with E-state index in [9.17, 15) is 4.79 Å². The van der Waals surface area contributed by atoms with E-state index in [1.807, 2.05) is 12.1 Å². The van der Waals surface area contributed by atoms with E-state index in [2.05, 4.69) is 17.6 Å². The molecule has 22 heavy (non-hydrogen) atoms. The second-order valence-corrected chi connectivity index (χ2v) is 6.79. The van der Waals surface area contributed by atoms with Crippen LogP contribution in [0.3, 0.4) is 0 Å². The minimum atomic E-state index is -0.144. The van der Waals surface area contributed by atoms with Crippen LogP contribution >= 0.6 is 0 Å². The highest BCUT2D eigenvalue weighted by Crippen LogP contribution is 2.49. The fourth-order valence-electron chi connectivity index (χ4n) is 4.36. The Labute approximate surface area is 130 Å². The van der Waals surface area contributed by atoms with Gasteiger partial charge in [-0.3, -0.25) is 0 Å². The van der Waals surface area contributed by atoms with Crippen molar-refractivity contribution < 1.29 is 14.3 Å². The van der Waals surface area contributed by atoms with Crippen molar-refractivity contribution in [2.45, 2.75) is 38.6 Å². The van der Waals surface area contributed by atoms with Crippen LogP contribution in [-0.2, 0) is 0 Å². The predicted molar refractivity (Wildman–Crippen MR) is 83.1 cm³/mol. The van der Waals surface area contributed by atoms with Gasteiger partial charge in [-0.2, -0.15) is 0 Å². The number of urea groups is 1. The maximum Gasteiger partial charge on any atom is 0.319 e. The summed E-state index contributed by atoms with van der Waals surface area (Å²) in [6.07, 6.45) is 5.36. The topological polar surface area (TPSA) is 59.6 Å². The van der Waals surface area contributed by atoms with Gasteiger partial charge < -0.3 is 20.1 Å². The molecule has 4 atom stereocenters. The first-order valence-corrected chi connectivity index (χ1v) is 8.16. The molecular formula is C17H22N2O3. The molecule has 2 saturated carbocycles. The van der Waals surface area contributed by atoms with E-state index in [1.165, 1.54) is 25.7 Å². The molecule has 0 saturated heterocycles. The van der Waals surface area contributed by atoms with E-state index in [4.69, 9.17) is 9.47 Å². The molecule has 0 aromatic heterocycles. The molecule has 0 spiro atoms. The van der Waals surface area contributed by atoms with Gasteiger partial charge in [0.2, 0.25) is 6.79 Å². The first-order valence-electron chi connectivity index (χ1n) is 8.16. The lowest BCUT2D eigenvalue weighted by atomic mass is 9.84. The number of fused-ring (bicyclic) bond motifs is 3. The van der Waals surface area contributed by atoms with Crippen molar-refractivity contribution >= 4 is 11.7 Å². The molecule has 4 rings (SSSR count). The van der Waals surface area contributed by atoms with Crippen molar-refractivity contribution in [2.75, 3.05) is 12.1 Å². The summed E-state index contributed by atoms with van der Waals surface area (Å²) in [5.74, 6) is 3.75. The molecule has 2 amide bonds. The van der Waals surface area contributed by atoms with Crippen molar-refractivity contribution in [3.63, 3.8) is 0 Å². The van der Waals surface area contributed by atoms with Crippen LogP contribution < -0.4 is 20.1 Å². The molecule has 2 aliphatic carbocycles. The summed E-state index contributed by atoms with van der Waals surface area (Å²) < 4.78 is 10.6. The summed E-state index contributed by atoms with van der Waals surface area (Å²) >= 11 is 0. The highest BCUT2D eigenvalue weighted by atomic mass is 16.7. The Morgan fingerprint density at radius 3 is 2.86 bits per heavy atom. The van der Waals surface area contributed by atoms with Crippen molar-refractivity contribution in [2.24, 2.45) is 17.8 Å². The van der Waals surface area contributed by atoms with Gasteiger partial charge in [-0.1, -0.05) is 6.42 Å². The highest BCUT2D eigenvalue weighted by molar-refractivity contribution is 5.89. The molecule has 1 aliphatic heterocycles. The zero-order chi connectivity index (χ0) is 15.1. The first-order chi connectivity index (χ1) is 10.7. The Morgan fingerprint density at radius 2 is 2.09 bits per heavy atom. The standard InChI is InChI=1S/C17H22N2O3/c1-10(14-7-11-2-3-12(14)6-11)18-17(20)19-13-4-5-15-16(8-13)22-9-21-15/h4-5,8,10-12,14H,2-3,6-7,9H2,1H3,(H2,18,19,20)/t10-,11-,12-,14+/m0/s1. The molecule has 2 bridgehead atoms. The van der Waals surface area contributed by atoms with Gasteiger partial charge in [0.25, 0.3) is 0 Å². The number of rotatable bonds is 3. The molecule has 2 N–H and O–H groups in total. The fourth-order valence-corrected chi connectivity index (χ4v) is 4.36. The van der Waals surface area contributed by atoms with Crippen LogP contribution in [0.2, 0.25) is 0 Å². The van der Waals surface area contributed by atoms with Crippen LogP contribution in [0.15, 0.2) is 18.2 Å². The highest BCUT2D eigenvalue weighted by Gasteiger charge is 2.42. The normalized spacial score (nSPS) is 29.4. The number of nitrogens with one attached hydrogen (secondary N) is 2. The molecular weight excluding hydrogens is 280 g/mol. The largest absolute Gasteiger partial charge is 0.454 e. The van der Waals surface area contributed by atoms with Gasteiger partial charge in [0, 0.05) is 17.8 Å². The van der Waals surface area contributed by atoms with Crippen molar-refractivity contribution in [3.8, 4) is 11.5 Å². The van der Waals surface area contributed by atoms with Gasteiger partial charge in [0.15, 0.2) is 11.5 Å². The van der Waals surface area contributed by atoms with E-state index >= 15 is 0 Å². The number of amides is 2. The van der Waals surface area contributed by atoms with Crippen LogP contribution in [0.25, 0.3) is 0 Å². The van der Waals surface area contributed by atoms with E-state index in [1.54, 1.807) is 6.07 Å². The lowest BCUT2D eigenvalue weighted by Gasteiger charge is -2.28. The van der Waals surface area contributed by atoms with Gasteiger partial charge in [0.05, 0.1) is 0 Å². The maximum atomic E-state index is 12.2. The van der Waals surface area contributed by atoms with Crippen LogP contribution in [0.1, 0.15) is 32.6 Å². The first kappa shape index (κ1) is 13.7. The number of ether oxygens (including phenoxy) is 2. The average Bonchev–Trinajstić information content (AvgIpc) is 3.22. The SMILES string of the molecule is C[C@H](NC(=O)Nc1ccc2c(c1)OCO2)[C@H]1C[C@H]2CC[C@H]1C2. The zero-order valence-corrected chi connectivity index (χ0v) is 12.8. The minimum absolute atomic E-state index is 0.144. The molecule has 1 heterocycles. The molecule has 118 valence electrons. The second kappa shape index (κ2) is 5.38. The Bertz CT molecular complexity index is 589. The Balaban J connectivity index is 1.34. The van der Waals surface area contributed by atoms with Gasteiger partial charge in [-0.05, 0) is 56.1 Å². The average molecular weight is 302 g/mol. The summed E-state index contributed by atoms with van der Waals surface area (Å²) in [6, 6.07) is 5.52. The Morgan fingerprint density at radius 1 is 1.23 bits per heavy atom. The molecule has 3 aliphatic rings. The summed E-state index contributed by atoms with van der Waals surface area (Å²) in [4.78, 5) is 12.2.